The van der Waals surface area contributed by atoms with E-state index in [1.165, 1.54) is 12.1 Å². The summed E-state index contributed by atoms with van der Waals surface area (Å²) < 4.78 is 7.01. The molecule has 0 fully saturated rings. The van der Waals surface area contributed by atoms with Crippen LogP contribution in [0, 0.1) is 10.1 Å². The molecule has 2 rings (SSSR count). The fraction of sp³-hybridized carbons (Fsp3) is 0.143. The van der Waals surface area contributed by atoms with Gasteiger partial charge in [0.1, 0.15) is 11.5 Å². The molecule has 21 heavy (non-hydrogen) atoms. The Morgan fingerprint density at radius 2 is 1.95 bits per heavy atom. The SMILES string of the molecule is C[C@H](N)c1ccc(Oc2cc(Br)cc([N+](=O)[O-])c2)c(Br)c1. The van der Waals surface area contributed by atoms with Crippen molar-refractivity contribution in [2.45, 2.75) is 13.0 Å². The van der Waals surface area contributed by atoms with Gasteiger partial charge in [-0.3, -0.25) is 10.1 Å². The smallest absolute Gasteiger partial charge is 0.274 e. The first-order chi connectivity index (χ1) is 9.86. The topological polar surface area (TPSA) is 78.4 Å². The maximum atomic E-state index is 10.9. The maximum Gasteiger partial charge on any atom is 0.274 e. The number of nitro groups is 1. The summed E-state index contributed by atoms with van der Waals surface area (Å²) in [5.41, 5.74) is 6.74. The third kappa shape index (κ3) is 4.03. The highest BCUT2D eigenvalue weighted by Gasteiger charge is 2.12. The van der Waals surface area contributed by atoms with Crippen molar-refractivity contribution < 1.29 is 9.66 Å². The standard InChI is InChI=1S/C14H12Br2N2O3/c1-8(17)9-2-3-14(13(16)4-9)21-12-6-10(15)5-11(7-12)18(19)20/h2-8H,17H2,1H3/t8-/m0/s1. The number of nitro benzene ring substituents is 1. The number of benzene rings is 2. The molecule has 110 valence electrons. The van der Waals surface area contributed by atoms with E-state index in [2.05, 4.69) is 31.9 Å². The van der Waals surface area contributed by atoms with Crippen LogP contribution in [0.15, 0.2) is 45.3 Å². The number of non-ortho nitro benzene ring substituents is 1. The van der Waals surface area contributed by atoms with E-state index in [4.69, 9.17) is 10.5 Å². The summed E-state index contributed by atoms with van der Waals surface area (Å²) >= 11 is 6.64. The van der Waals surface area contributed by atoms with Crippen LogP contribution in [0.4, 0.5) is 5.69 Å². The molecule has 0 radical (unpaired) electrons. The van der Waals surface area contributed by atoms with Crippen molar-refractivity contribution in [3.8, 4) is 11.5 Å². The Balaban J connectivity index is 2.32. The van der Waals surface area contributed by atoms with Crippen molar-refractivity contribution in [1.29, 1.82) is 0 Å². The van der Waals surface area contributed by atoms with Crippen LogP contribution >= 0.6 is 31.9 Å². The Hall–Kier alpha value is -1.44. The predicted octanol–water partition coefficient (Wildman–Crippen LogP) is 4.93. The second-order valence-corrected chi connectivity index (χ2v) is 6.25. The third-order valence-corrected chi connectivity index (χ3v) is 3.85. The summed E-state index contributed by atoms with van der Waals surface area (Å²) in [5, 5.41) is 10.9. The Kier molecular flexibility index (Phi) is 4.97. The molecule has 0 unspecified atom stereocenters. The van der Waals surface area contributed by atoms with Crippen LogP contribution in [0.3, 0.4) is 0 Å². The average Bonchev–Trinajstić information content (AvgIpc) is 2.40. The van der Waals surface area contributed by atoms with Gasteiger partial charge in [0, 0.05) is 16.6 Å². The lowest BCUT2D eigenvalue weighted by Crippen LogP contribution is -2.04. The Morgan fingerprint density at radius 3 is 2.52 bits per heavy atom. The van der Waals surface area contributed by atoms with Gasteiger partial charge in [-0.15, -0.1) is 0 Å². The van der Waals surface area contributed by atoms with Gasteiger partial charge in [-0.05, 0) is 46.6 Å². The van der Waals surface area contributed by atoms with Crippen molar-refractivity contribution in [3.05, 3.63) is 61.0 Å². The first-order valence-electron chi connectivity index (χ1n) is 6.04. The van der Waals surface area contributed by atoms with Gasteiger partial charge in [-0.1, -0.05) is 22.0 Å². The number of hydrogen-bond acceptors (Lipinski definition) is 4. The molecule has 0 bridgehead atoms. The minimum atomic E-state index is -0.466. The van der Waals surface area contributed by atoms with Crippen molar-refractivity contribution in [2.75, 3.05) is 0 Å². The summed E-state index contributed by atoms with van der Waals surface area (Å²) in [6, 6.07) is 9.87. The first kappa shape index (κ1) is 15.9. The molecule has 0 aliphatic rings. The second kappa shape index (κ2) is 6.55. The molecule has 7 heteroatoms. The highest BCUT2D eigenvalue weighted by molar-refractivity contribution is 9.10. The van der Waals surface area contributed by atoms with E-state index in [1.54, 1.807) is 12.1 Å². The summed E-state index contributed by atoms with van der Waals surface area (Å²) in [6.45, 7) is 1.89. The minimum Gasteiger partial charge on any atom is -0.456 e. The van der Waals surface area contributed by atoms with Gasteiger partial charge in [-0.2, -0.15) is 0 Å². The van der Waals surface area contributed by atoms with Crippen LogP contribution in [0.25, 0.3) is 0 Å². The molecule has 2 aromatic rings. The molecule has 0 heterocycles. The van der Waals surface area contributed by atoms with Crippen LogP contribution in [-0.4, -0.2) is 4.92 Å². The number of halogens is 2. The number of nitrogens with zero attached hydrogens (tertiary/aromatic N) is 1. The van der Waals surface area contributed by atoms with Crippen molar-refractivity contribution >= 4 is 37.5 Å². The number of ether oxygens (including phenoxy) is 1. The molecular weight excluding hydrogens is 404 g/mol. The van der Waals surface area contributed by atoms with E-state index in [9.17, 15) is 10.1 Å². The second-order valence-electron chi connectivity index (χ2n) is 4.48. The number of nitrogens with two attached hydrogens (primary N) is 1. The summed E-state index contributed by atoms with van der Waals surface area (Å²) in [6.07, 6.45) is 0. The highest BCUT2D eigenvalue weighted by atomic mass is 79.9. The zero-order valence-electron chi connectivity index (χ0n) is 11.0. The fourth-order valence-electron chi connectivity index (χ4n) is 1.72. The van der Waals surface area contributed by atoms with Crippen LogP contribution < -0.4 is 10.5 Å². The molecule has 0 saturated carbocycles. The molecule has 0 aliphatic carbocycles. The molecule has 0 spiro atoms. The molecule has 0 aromatic heterocycles. The van der Waals surface area contributed by atoms with Gasteiger partial charge in [0.2, 0.25) is 0 Å². The van der Waals surface area contributed by atoms with Crippen molar-refractivity contribution in [2.24, 2.45) is 5.73 Å². The molecule has 2 aromatic carbocycles. The molecule has 0 amide bonds. The molecule has 2 N–H and O–H groups in total. The lowest BCUT2D eigenvalue weighted by Gasteiger charge is -2.11. The molecule has 5 nitrogen and oxygen atoms in total. The van der Waals surface area contributed by atoms with Crippen LogP contribution in [0.1, 0.15) is 18.5 Å². The van der Waals surface area contributed by atoms with Gasteiger partial charge in [-0.25, -0.2) is 0 Å². The third-order valence-electron chi connectivity index (χ3n) is 2.78. The van der Waals surface area contributed by atoms with E-state index in [0.29, 0.717) is 16.0 Å². The van der Waals surface area contributed by atoms with Crippen molar-refractivity contribution in [3.63, 3.8) is 0 Å². The largest absolute Gasteiger partial charge is 0.456 e. The lowest BCUT2D eigenvalue weighted by atomic mass is 10.1. The fourth-order valence-corrected chi connectivity index (χ4v) is 2.66. The molecular formula is C14H12Br2N2O3. The van der Waals surface area contributed by atoms with E-state index < -0.39 is 4.92 Å². The Bertz CT molecular complexity index is 690. The maximum absolute atomic E-state index is 10.9. The number of rotatable bonds is 4. The normalized spacial score (nSPS) is 12.0. The van der Waals surface area contributed by atoms with Gasteiger partial charge in [0.15, 0.2) is 0 Å². The first-order valence-corrected chi connectivity index (χ1v) is 7.63. The van der Waals surface area contributed by atoms with Crippen molar-refractivity contribution in [1.82, 2.24) is 0 Å². The highest BCUT2D eigenvalue weighted by Crippen LogP contribution is 2.34. The zero-order valence-corrected chi connectivity index (χ0v) is 14.2. The quantitative estimate of drug-likeness (QED) is 0.567. The number of hydrogen-bond donors (Lipinski definition) is 1. The van der Waals surface area contributed by atoms with Crippen LogP contribution in [0.2, 0.25) is 0 Å². The lowest BCUT2D eigenvalue weighted by molar-refractivity contribution is -0.385. The van der Waals surface area contributed by atoms with E-state index >= 15 is 0 Å². The Labute approximate surface area is 138 Å². The van der Waals surface area contributed by atoms with E-state index in [-0.39, 0.29) is 11.7 Å². The van der Waals surface area contributed by atoms with E-state index in [1.807, 2.05) is 19.1 Å². The van der Waals surface area contributed by atoms with Gasteiger partial charge in [0.05, 0.1) is 15.5 Å². The van der Waals surface area contributed by atoms with Gasteiger partial charge in [0.25, 0.3) is 5.69 Å². The van der Waals surface area contributed by atoms with E-state index in [0.717, 1.165) is 10.0 Å². The summed E-state index contributed by atoms with van der Waals surface area (Å²) in [7, 11) is 0. The summed E-state index contributed by atoms with van der Waals surface area (Å²) in [5.74, 6) is 0.942. The molecule has 0 aliphatic heterocycles. The van der Waals surface area contributed by atoms with Crippen LogP contribution in [0.5, 0.6) is 11.5 Å². The molecule has 0 saturated heterocycles. The average molecular weight is 416 g/mol. The molecule has 1 atom stereocenters. The predicted molar refractivity (Wildman–Crippen MR) is 87.6 cm³/mol. The van der Waals surface area contributed by atoms with Gasteiger partial charge >= 0.3 is 0 Å². The Morgan fingerprint density at radius 1 is 1.24 bits per heavy atom. The zero-order chi connectivity index (χ0) is 15.6. The van der Waals surface area contributed by atoms with Crippen LogP contribution in [-0.2, 0) is 0 Å². The monoisotopic (exact) mass is 414 g/mol. The van der Waals surface area contributed by atoms with Gasteiger partial charge < -0.3 is 10.5 Å². The summed E-state index contributed by atoms with van der Waals surface area (Å²) in [4.78, 5) is 10.4. The minimum absolute atomic E-state index is 0.0392.